The van der Waals surface area contributed by atoms with Gasteiger partial charge in [0.05, 0.1) is 31.1 Å². The Hall–Kier alpha value is -3.06. The number of ether oxygens (including phenoxy) is 4. The van der Waals surface area contributed by atoms with Crippen LogP contribution >= 0.6 is 0 Å². The van der Waals surface area contributed by atoms with E-state index in [-0.39, 0.29) is 11.5 Å². The molecule has 1 N–H and O–H groups in total. The Balaban J connectivity index is 2.89. The summed E-state index contributed by atoms with van der Waals surface area (Å²) in [7, 11) is 2.91. The SMILES string of the molecule is COc1cc(C(O)CC=C(C)C)c(OC)c2c(OC(C)=O)ccc(OC(C)=O)c12. The molecule has 2 rings (SSSR count). The van der Waals surface area contributed by atoms with Crippen molar-refractivity contribution < 1.29 is 33.6 Å². The van der Waals surface area contributed by atoms with Gasteiger partial charge in [0.1, 0.15) is 23.0 Å². The van der Waals surface area contributed by atoms with Crippen molar-refractivity contribution in [3.05, 3.63) is 35.4 Å². The zero-order chi connectivity index (χ0) is 21.7. The van der Waals surface area contributed by atoms with E-state index in [1.807, 2.05) is 19.9 Å². The number of benzene rings is 2. The first-order valence-electron chi connectivity index (χ1n) is 9.09. The molecule has 0 aromatic heterocycles. The lowest BCUT2D eigenvalue weighted by molar-refractivity contribution is -0.132. The number of esters is 2. The van der Waals surface area contributed by atoms with Crippen molar-refractivity contribution in [1.29, 1.82) is 0 Å². The van der Waals surface area contributed by atoms with Crippen molar-refractivity contribution in [1.82, 2.24) is 0 Å². The third-order valence-corrected chi connectivity index (χ3v) is 4.19. The number of aliphatic hydroxyl groups is 1. The average Bonchev–Trinajstić information content (AvgIpc) is 2.65. The molecule has 0 saturated carbocycles. The molecule has 156 valence electrons. The van der Waals surface area contributed by atoms with Gasteiger partial charge in [0.15, 0.2) is 0 Å². The minimum Gasteiger partial charge on any atom is -0.496 e. The predicted molar refractivity (Wildman–Crippen MR) is 109 cm³/mol. The zero-order valence-electron chi connectivity index (χ0n) is 17.5. The quantitative estimate of drug-likeness (QED) is 0.423. The molecular formula is C22H26O7. The van der Waals surface area contributed by atoms with Crippen LogP contribution in [0.15, 0.2) is 29.8 Å². The number of aliphatic hydroxyl groups excluding tert-OH is 1. The van der Waals surface area contributed by atoms with E-state index in [0.717, 1.165) is 5.57 Å². The van der Waals surface area contributed by atoms with E-state index in [0.29, 0.717) is 34.3 Å². The molecule has 0 amide bonds. The summed E-state index contributed by atoms with van der Waals surface area (Å²) in [6.45, 7) is 6.44. The van der Waals surface area contributed by atoms with Gasteiger partial charge in [-0.3, -0.25) is 9.59 Å². The third kappa shape index (κ3) is 5.06. The number of hydrogen-bond donors (Lipinski definition) is 1. The van der Waals surface area contributed by atoms with E-state index in [2.05, 4.69) is 0 Å². The third-order valence-electron chi connectivity index (χ3n) is 4.19. The fourth-order valence-electron chi connectivity index (χ4n) is 3.04. The van der Waals surface area contributed by atoms with Crippen LogP contribution in [0.1, 0.15) is 45.8 Å². The van der Waals surface area contributed by atoms with Crippen LogP contribution in [-0.2, 0) is 9.59 Å². The molecule has 0 saturated heterocycles. The van der Waals surface area contributed by atoms with Gasteiger partial charge in [-0.1, -0.05) is 11.6 Å². The zero-order valence-corrected chi connectivity index (χ0v) is 17.5. The highest BCUT2D eigenvalue weighted by molar-refractivity contribution is 6.04. The van der Waals surface area contributed by atoms with Gasteiger partial charge in [0.25, 0.3) is 0 Å². The van der Waals surface area contributed by atoms with Crippen LogP contribution in [0.4, 0.5) is 0 Å². The van der Waals surface area contributed by atoms with Gasteiger partial charge in [-0.2, -0.15) is 0 Å². The topological polar surface area (TPSA) is 91.3 Å². The van der Waals surface area contributed by atoms with Crippen LogP contribution in [0.5, 0.6) is 23.0 Å². The molecular weight excluding hydrogens is 376 g/mol. The fraction of sp³-hybridized carbons (Fsp3) is 0.364. The molecule has 0 aliphatic rings. The van der Waals surface area contributed by atoms with Gasteiger partial charge in [-0.25, -0.2) is 0 Å². The second kappa shape index (κ2) is 9.43. The maximum Gasteiger partial charge on any atom is 0.308 e. The van der Waals surface area contributed by atoms with Crippen LogP contribution in [0.3, 0.4) is 0 Å². The summed E-state index contributed by atoms with van der Waals surface area (Å²) in [5.41, 5.74) is 1.52. The molecule has 1 unspecified atom stereocenters. The molecule has 7 heteroatoms. The highest BCUT2D eigenvalue weighted by atomic mass is 16.5. The van der Waals surface area contributed by atoms with E-state index in [1.54, 1.807) is 6.07 Å². The first-order chi connectivity index (χ1) is 13.7. The summed E-state index contributed by atoms with van der Waals surface area (Å²) in [4.78, 5) is 23.2. The first-order valence-corrected chi connectivity index (χ1v) is 9.09. The monoisotopic (exact) mass is 402 g/mol. The number of hydrogen-bond acceptors (Lipinski definition) is 7. The number of carbonyl (C=O) groups excluding carboxylic acids is 2. The van der Waals surface area contributed by atoms with Crippen molar-refractivity contribution in [3.63, 3.8) is 0 Å². The van der Waals surface area contributed by atoms with Gasteiger partial charge in [0, 0.05) is 19.4 Å². The fourth-order valence-corrected chi connectivity index (χ4v) is 3.04. The Morgan fingerprint density at radius 1 is 0.931 bits per heavy atom. The van der Waals surface area contributed by atoms with Gasteiger partial charge in [0.2, 0.25) is 0 Å². The number of carbonyl (C=O) groups is 2. The molecule has 0 radical (unpaired) electrons. The molecule has 0 bridgehead atoms. The molecule has 0 aliphatic heterocycles. The van der Waals surface area contributed by atoms with Crippen molar-refractivity contribution >= 4 is 22.7 Å². The van der Waals surface area contributed by atoms with E-state index in [9.17, 15) is 14.7 Å². The van der Waals surface area contributed by atoms with Gasteiger partial charge in [-0.05, 0) is 38.5 Å². The first kappa shape index (κ1) is 22.2. The minimum atomic E-state index is -0.888. The summed E-state index contributed by atoms with van der Waals surface area (Å²) in [6, 6.07) is 4.66. The van der Waals surface area contributed by atoms with Crippen LogP contribution in [0.2, 0.25) is 0 Å². The van der Waals surface area contributed by atoms with E-state index in [1.165, 1.54) is 40.2 Å². The van der Waals surface area contributed by atoms with E-state index < -0.39 is 18.0 Å². The van der Waals surface area contributed by atoms with Gasteiger partial charge in [-0.15, -0.1) is 0 Å². The Bertz CT molecular complexity index is 956. The Morgan fingerprint density at radius 3 is 1.93 bits per heavy atom. The smallest absolute Gasteiger partial charge is 0.308 e. The molecule has 2 aromatic carbocycles. The van der Waals surface area contributed by atoms with Gasteiger partial charge >= 0.3 is 11.9 Å². The number of allylic oxidation sites excluding steroid dienone is 1. The standard InChI is InChI=1S/C22H26O7/c1-12(2)7-8-16(25)15-11-19(26-5)20-17(28-13(3)23)9-10-18(29-14(4)24)21(20)22(15)27-6/h7,9-11,16,25H,8H2,1-6H3. The van der Waals surface area contributed by atoms with Crippen molar-refractivity contribution in [2.24, 2.45) is 0 Å². The second-order valence-electron chi connectivity index (χ2n) is 6.73. The number of fused-ring (bicyclic) bond motifs is 1. The maximum atomic E-state index is 11.6. The lowest BCUT2D eigenvalue weighted by atomic mass is 9.97. The lowest BCUT2D eigenvalue weighted by Crippen LogP contribution is -2.08. The largest absolute Gasteiger partial charge is 0.496 e. The van der Waals surface area contributed by atoms with Crippen LogP contribution in [-0.4, -0.2) is 31.3 Å². The van der Waals surface area contributed by atoms with Gasteiger partial charge < -0.3 is 24.1 Å². The Labute approximate surface area is 169 Å². The summed E-state index contributed by atoms with van der Waals surface area (Å²) in [5, 5.41) is 11.5. The molecule has 2 aromatic rings. The van der Waals surface area contributed by atoms with Crippen molar-refractivity contribution in [2.45, 2.75) is 40.2 Å². The summed E-state index contributed by atoms with van der Waals surface area (Å²) in [5.74, 6) is 0.0417. The van der Waals surface area contributed by atoms with Crippen LogP contribution in [0.25, 0.3) is 10.8 Å². The Morgan fingerprint density at radius 2 is 1.48 bits per heavy atom. The summed E-state index contributed by atoms with van der Waals surface area (Å²) >= 11 is 0. The van der Waals surface area contributed by atoms with Crippen molar-refractivity contribution in [3.8, 4) is 23.0 Å². The maximum absolute atomic E-state index is 11.6. The highest BCUT2D eigenvalue weighted by Gasteiger charge is 2.25. The average molecular weight is 402 g/mol. The summed E-state index contributed by atoms with van der Waals surface area (Å²) in [6.07, 6.45) is 1.38. The minimum absolute atomic E-state index is 0.204. The normalized spacial score (nSPS) is 11.6. The second-order valence-corrected chi connectivity index (χ2v) is 6.73. The molecule has 0 fully saturated rings. The Kier molecular flexibility index (Phi) is 7.23. The van der Waals surface area contributed by atoms with Crippen LogP contribution < -0.4 is 18.9 Å². The van der Waals surface area contributed by atoms with Crippen molar-refractivity contribution in [2.75, 3.05) is 14.2 Å². The highest BCUT2D eigenvalue weighted by Crippen LogP contribution is 2.48. The molecule has 0 aliphatic carbocycles. The number of rotatable bonds is 7. The molecule has 29 heavy (non-hydrogen) atoms. The predicted octanol–water partition coefficient (Wildman–Crippen LogP) is 4.10. The van der Waals surface area contributed by atoms with Crippen LogP contribution in [0, 0.1) is 0 Å². The molecule has 1 atom stereocenters. The van der Waals surface area contributed by atoms with E-state index >= 15 is 0 Å². The lowest BCUT2D eigenvalue weighted by Gasteiger charge is -2.21. The molecule has 0 spiro atoms. The molecule has 0 heterocycles. The van der Waals surface area contributed by atoms with E-state index in [4.69, 9.17) is 18.9 Å². The summed E-state index contributed by atoms with van der Waals surface area (Å²) < 4.78 is 21.8. The number of methoxy groups -OCH3 is 2. The molecule has 7 nitrogen and oxygen atoms in total.